The van der Waals surface area contributed by atoms with E-state index in [1.807, 2.05) is 20.8 Å². The molecule has 0 radical (unpaired) electrons. The molecule has 0 saturated heterocycles. The molecule has 0 fully saturated rings. The van der Waals surface area contributed by atoms with E-state index in [0.29, 0.717) is 4.31 Å². The molecule has 0 aliphatic carbocycles. The van der Waals surface area contributed by atoms with E-state index >= 15 is 0 Å². The van der Waals surface area contributed by atoms with E-state index in [4.69, 9.17) is 0 Å². The number of benzene rings is 1. The lowest BCUT2D eigenvalue weighted by molar-refractivity contribution is 0.438. The highest BCUT2D eigenvalue weighted by Gasteiger charge is 2.28. The third kappa shape index (κ3) is 7.25. The SMILES string of the molecule is CC(C)(C)c1ccc(S(=O)(=O)N(CCS(=O)(=O)F)CCS(=O)(=O)F)cc1. The first-order valence-electron chi connectivity index (χ1n) is 7.48. The van der Waals surface area contributed by atoms with E-state index in [-0.39, 0.29) is 10.3 Å². The normalized spacial score (nSPS) is 13.9. The molecule has 1 aromatic carbocycles. The summed E-state index contributed by atoms with van der Waals surface area (Å²) in [7, 11) is -14.3. The molecule has 1 aromatic rings. The van der Waals surface area contributed by atoms with E-state index in [2.05, 4.69) is 0 Å². The first-order valence-corrected chi connectivity index (χ1v) is 12.0. The number of rotatable bonds is 8. The molecule has 0 atom stereocenters. The molecule has 0 aliphatic heterocycles. The number of hydrogen-bond donors (Lipinski definition) is 0. The Kier molecular flexibility index (Phi) is 6.94. The maximum atomic E-state index is 12.8. The number of hydrogen-bond acceptors (Lipinski definition) is 6. The molecule has 0 unspecified atom stereocenters. The number of halogens is 2. The Bertz CT molecular complexity index is 897. The van der Waals surface area contributed by atoms with Gasteiger partial charge in [0, 0.05) is 13.1 Å². The van der Waals surface area contributed by atoms with Crippen molar-refractivity contribution in [2.24, 2.45) is 0 Å². The number of sulfonamides is 1. The van der Waals surface area contributed by atoms with Crippen LogP contribution in [-0.4, -0.2) is 54.2 Å². The van der Waals surface area contributed by atoms with Gasteiger partial charge in [-0.2, -0.15) is 21.1 Å². The first kappa shape index (κ1) is 22.9. The fourth-order valence-corrected chi connectivity index (χ4v) is 4.60. The van der Waals surface area contributed by atoms with Crippen LogP contribution in [0, 0.1) is 0 Å². The summed E-state index contributed by atoms with van der Waals surface area (Å²) in [4.78, 5) is -0.238. The molecular formula is C14H21F2NO6S3. The Morgan fingerprint density at radius 2 is 1.19 bits per heavy atom. The van der Waals surface area contributed by atoms with Crippen molar-refractivity contribution in [3.8, 4) is 0 Å². The van der Waals surface area contributed by atoms with Crippen molar-refractivity contribution in [2.45, 2.75) is 31.1 Å². The molecule has 150 valence electrons. The fraction of sp³-hybridized carbons (Fsp3) is 0.571. The Morgan fingerprint density at radius 1 is 0.808 bits per heavy atom. The highest BCUT2D eigenvalue weighted by molar-refractivity contribution is 7.89. The number of nitrogens with zero attached hydrogens (tertiary/aromatic N) is 1. The van der Waals surface area contributed by atoms with Crippen molar-refractivity contribution in [1.82, 2.24) is 4.31 Å². The monoisotopic (exact) mass is 433 g/mol. The van der Waals surface area contributed by atoms with E-state index < -0.39 is 55.1 Å². The summed E-state index contributed by atoms with van der Waals surface area (Å²) in [6, 6.07) is 5.67. The second-order valence-electron chi connectivity index (χ2n) is 6.66. The van der Waals surface area contributed by atoms with Crippen LogP contribution in [0.15, 0.2) is 29.2 Å². The maximum Gasteiger partial charge on any atom is 0.303 e. The van der Waals surface area contributed by atoms with Crippen LogP contribution >= 0.6 is 0 Å². The van der Waals surface area contributed by atoms with Gasteiger partial charge in [-0.1, -0.05) is 32.9 Å². The summed E-state index contributed by atoms with van der Waals surface area (Å²) in [6.45, 7) is 4.08. The minimum atomic E-state index is -4.99. The van der Waals surface area contributed by atoms with Crippen LogP contribution in [-0.2, 0) is 35.9 Å². The molecule has 0 aliphatic rings. The molecule has 0 spiro atoms. The Labute approximate surface area is 153 Å². The lowest BCUT2D eigenvalue weighted by Crippen LogP contribution is -2.37. The zero-order valence-electron chi connectivity index (χ0n) is 14.5. The Hall–Kier alpha value is -1.11. The quantitative estimate of drug-likeness (QED) is 0.576. The topological polar surface area (TPSA) is 106 Å². The summed E-state index contributed by atoms with van der Waals surface area (Å²) >= 11 is 0. The van der Waals surface area contributed by atoms with Gasteiger partial charge in [0.1, 0.15) is 0 Å². The second-order valence-corrected chi connectivity index (χ2v) is 11.6. The highest BCUT2D eigenvalue weighted by Crippen LogP contribution is 2.24. The van der Waals surface area contributed by atoms with Crippen molar-refractivity contribution in [3.63, 3.8) is 0 Å². The Morgan fingerprint density at radius 3 is 1.50 bits per heavy atom. The smallest absolute Gasteiger partial charge is 0.207 e. The van der Waals surface area contributed by atoms with Crippen molar-refractivity contribution in [2.75, 3.05) is 24.6 Å². The minimum Gasteiger partial charge on any atom is -0.207 e. The van der Waals surface area contributed by atoms with Crippen LogP contribution in [0.2, 0.25) is 0 Å². The molecular weight excluding hydrogens is 412 g/mol. The van der Waals surface area contributed by atoms with Gasteiger partial charge >= 0.3 is 20.4 Å². The summed E-state index contributed by atoms with van der Waals surface area (Å²) in [5, 5.41) is 0. The largest absolute Gasteiger partial charge is 0.303 e. The lowest BCUT2D eigenvalue weighted by Gasteiger charge is -2.22. The molecule has 0 bridgehead atoms. The van der Waals surface area contributed by atoms with Crippen molar-refractivity contribution >= 4 is 30.5 Å². The summed E-state index contributed by atoms with van der Waals surface area (Å²) < 4.78 is 93.9. The van der Waals surface area contributed by atoms with Crippen molar-refractivity contribution < 1.29 is 33.0 Å². The van der Waals surface area contributed by atoms with Crippen LogP contribution < -0.4 is 0 Å². The molecule has 0 N–H and O–H groups in total. The van der Waals surface area contributed by atoms with Gasteiger partial charge in [0.25, 0.3) is 0 Å². The average molecular weight is 434 g/mol. The van der Waals surface area contributed by atoms with Crippen LogP contribution in [0.25, 0.3) is 0 Å². The van der Waals surface area contributed by atoms with E-state index in [1.54, 1.807) is 12.1 Å². The summed E-state index contributed by atoms with van der Waals surface area (Å²) in [6.07, 6.45) is 0. The predicted molar refractivity (Wildman–Crippen MR) is 93.7 cm³/mol. The van der Waals surface area contributed by atoms with Gasteiger partial charge in [-0.25, -0.2) is 8.42 Å². The van der Waals surface area contributed by atoms with Gasteiger partial charge in [0.15, 0.2) is 0 Å². The molecule has 12 heteroatoms. The average Bonchev–Trinajstić information content (AvgIpc) is 2.43. The van der Waals surface area contributed by atoms with E-state index in [9.17, 15) is 33.0 Å². The minimum absolute atomic E-state index is 0.238. The highest BCUT2D eigenvalue weighted by atomic mass is 32.3. The zero-order valence-corrected chi connectivity index (χ0v) is 17.0. The van der Waals surface area contributed by atoms with Crippen LogP contribution in [0.5, 0.6) is 0 Å². The van der Waals surface area contributed by atoms with Crippen LogP contribution in [0.3, 0.4) is 0 Å². The first-order chi connectivity index (χ1) is 11.5. The van der Waals surface area contributed by atoms with Gasteiger partial charge in [0.2, 0.25) is 10.0 Å². The van der Waals surface area contributed by atoms with Crippen LogP contribution in [0.4, 0.5) is 7.77 Å². The predicted octanol–water partition coefficient (Wildman–Crippen LogP) is 1.57. The molecule has 0 amide bonds. The zero-order chi connectivity index (χ0) is 20.4. The van der Waals surface area contributed by atoms with Gasteiger partial charge in [-0.3, -0.25) is 0 Å². The fourth-order valence-electron chi connectivity index (χ4n) is 2.05. The summed E-state index contributed by atoms with van der Waals surface area (Å²) in [5.74, 6) is -2.34. The molecule has 26 heavy (non-hydrogen) atoms. The Balaban J connectivity index is 3.19. The maximum absolute atomic E-state index is 12.8. The second kappa shape index (κ2) is 7.87. The third-order valence-corrected chi connectivity index (χ3v) is 6.78. The van der Waals surface area contributed by atoms with E-state index in [0.717, 1.165) is 5.56 Å². The molecule has 0 heterocycles. The third-order valence-electron chi connectivity index (χ3n) is 3.53. The van der Waals surface area contributed by atoms with Crippen molar-refractivity contribution in [3.05, 3.63) is 29.8 Å². The van der Waals surface area contributed by atoms with E-state index in [1.165, 1.54) is 12.1 Å². The van der Waals surface area contributed by atoms with Gasteiger partial charge in [0.05, 0.1) is 16.4 Å². The standard InChI is InChI=1S/C14H21F2NO6S3/c1-14(2,3)12-4-6-13(7-5-12)26(22,23)17(8-10-24(15,18)19)9-11-25(16,20)21/h4-7H,8-11H2,1-3H3. The molecule has 1 rings (SSSR count). The lowest BCUT2D eigenvalue weighted by atomic mass is 9.87. The van der Waals surface area contributed by atoms with Gasteiger partial charge in [-0.05, 0) is 23.1 Å². The molecule has 0 aromatic heterocycles. The van der Waals surface area contributed by atoms with Gasteiger partial charge in [-0.15, -0.1) is 7.77 Å². The summed E-state index contributed by atoms with van der Waals surface area (Å²) in [5.41, 5.74) is 0.590. The molecule has 0 saturated carbocycles. The van der Waals surface area contributed by atoms with Crippen molar-refractivity contribution in [1.29, 1.82) is 0 Å². The van der Waals surface area contributed by atoms with Crippen LogP contribution in [0.1, 0.15) is 26.3 Å². The van der Waals surface area contributed by atoms with Gasteiger partial charge < -0.3 is 0 Å². The molecule has 7 nitrogen and oxygen atoms in total.